The molecule has 1 fully saturated rings. The molecule has 0 radical (unpaired) electrons. The molecule has 12 nitrogen and oxygen atoms in total. The first kappa shape index (κ1) is 24.9. The summed E-state index contributed by atoms with van der Waals surface area (Å²) in [7, 11) is -1.03. The van der Waals surface area contributed by atoms with E-state index >= 15 is 0 Å². The van der Waals surface area contributed by atoms with Crippen LogP contribution in [0.2, 0.25) is 0 Å². The van der Waals surface area contributed by atoms with Crippen molar-refractivity contribution >= 4 is 33.6 Å². The Hall–Kier alpha value is -3.71. The molecule has 0 amide bonds. The maximum Gasteiger partial charge on any atom is 0.306 e. The summed E-state index contributed by atoms with van der Waals surface area (Å²) < 4.78 is 37.5. The maximum atomic E-state index is 13.0. The molecule has 34 heavy (non-hydrogen) atoms. The molecule has 2 aromatic rings. The second kappa shape index (κ2) is 10.5. The molecule has 13 heteroatoms. The third kappa shape index (κ3) is 5.43. The first-order valence-electron chi connectivity index (χ1n) is 10.2. The average Bonchev–Trinajstić information content (AvgIpc) is 2.83. The summed E-state index contributed by atoms with van der Waals surface area (Å²) in [5, 5.41) is 24.7. The predicted octanol–water partition coefficient (Wildman–Crippen LogP) is 2.54. The molecule has 3 rings (SSSR count). The Balaban J connectivity index is 1.82. The van der Waals surface area contributed by atoms with Crippen LogP contribution in [0.5, 0.6) is 11.5 Å². The van der Waals surface area contributed by atoms with E-state index in [9.17, 15) is 23.3 Å². The van der Waals surface area contributed by atoms with Gasteiger partial charge >= 0.3 is 5.97 Å². The standard InChI is InChI=1S/C21H24N4O8S/c1-32-16-3-6-20(33-2)15(11-16)13-22-23-18-5-4-17(12-19(18)25(28)29)34(30,31)24-9-7-14(8-10-24)21(26)27/h3-6,11-14,23H,7-10H2,1-2H3,(H,26,27). The lowest BCUT2D eigenvalue weighted by molar-refractivity contribution is -0.384. The van der Waals surface area contributed by atoms with Gasteiger partial charge in [-0.2, -0.15) is 9.41 Å². The number of rotatable bonds is 9. The summed E-state index contributed by atoms with van der Waals surface area (Å²) in [5.74, 6) is -0.493. The van der Waals surface area contributed by atoms with Gasteiger partial charge in [-0.1, -0.05) is 0 Å². The molecule has 0 saturated carbocycles. The number of piperidine rings is 1. The van der Waals surface area contributed by atoms with Crippen molar-refractivity contribution in [2.75, 3.05) is 32.7 Å². The molecule has 182 valence electrons. The normalized spacial score (nSPS) is 15.2. The molecule has 0 atom stereocenters. The van der Waals surface area contributed by atoms with Gasteiger partial charge in [0.2, 0.25) is 10.0 Å². The number of hydrazone groups is 1. The van der Waals surface area contributed by atoms with E-state index in [4.69, 9.17) is 14.6 Å². The molecule has 2 aromatic carbocycles. The van der Waals surface area contributed by atoms with E-state index in [-0.39, 0.29) is 36.5 Å². The molecule has 0 spiro atoms. The Kier molecular flexibility index (Phi) is 7.68. The smallest absolute Gasteiger partial charge is 0.306 e. The van der Waals surface area contributed by atoms with Gasteiger partial charge in [0.25, 0.3) is 5.69 Å². The zero-order chi connectivity index (χ0) is 24.9. The Morgan fingerprint density at radius 1 is 1.21 bits per heavy atom. The van der Waals surface area contributed by atoms with E-state index < -0.39 is 32.5 Å². The van der Waals surface area contributed by atoms with Crippen LogP contribution in [0, 0.1) is 16.0 Å². The molecule has 1 aliphatic heterocycles. The molecule has 1 aliphatic rings. The number of benzene rings is 2. The molecule has 1 saturated heterocycles. The second-order valence-electron chi connectivity index (χ2n) is 7.43. The van der Waals surface area contributed by atoms with Crippen LogP contribution in [0.4, 0.5) is 11.4 Å². The number of carboxylic acid groups (broad SMARTS) is 1. The second-order valence-corrected chi connectivity index (χ2v) is 9.37. The highest BCUT2D eigenvalue weighted by Gasteiger charge is 2.33. The molecule has 0 unspecified atom stereocenters. The van der Waals surface area contributed by atoms with Gasteiger partial charge in [-0.25, -0.2) is 8.42 Å². The summed E-state index contributed by atoms with van der Waals surface area (Å²) >= 11 is 0. The van der Waals surface area contributed by atoms with Crippen molar-refractivity contribution in [3.05, 3.63) is 52.1 Å². The van der Waals surface area contributed by atoms with E-state index in [1.54, 1.807) is 18.2 Å². The lowest BCUT2D eigenvalue weighted by Gasteiger charge is -2.29. The molecular formula is C21H24N4O8S. The van der Waals surface area contributed by atoms with Crippen LogP contribution in [0.25, 0.3) is 0 Å². The number of anilines is 1. The van der Waals surface area contributed by atoms with Crippen molar-refractivity contribution in [2.45, 2.75) is 17.7 Å². The zero-order valence-electron chi connectivity index (χ0n) is 18.5. The van der Waals surface area contributed by atoms with Gasteiger partial charge < -0.3 is 14.6 Å². The summed E-state index contributed by atoms with van der Waals surface area (Å²) in [5.41, 5.74) is 2.64. The predicted molar refractivity (Wildman–Crippen MR) is 123 cm³/mol. The van der Waals surface area contributed by atoms with E-state index in [1.807, 2.05) is 0 Å². The molecule has 0 bridgehead atoms. The van der Waals surface area contributed by atoms with Crippen LogP contribution in [-0.2, 0) is 14.8 Å². The van der Waals surface area contributed by atoms with Crippen LogP contribution in [0.3, 0.4) is 0 Å². The Bertz CT molecular complexity index is 1210. The molecular weight excluding hydrogens is 468 g/mol. The minimum absolute atomic E-state index is 0.00773. The summed E-state index contributed by atoms with van der Waals surface area (Å²) in [6, 6.07) is 8.52. The summed E-state index contributed by atoms with van der Waals surface area (Å²) in [4.78, 5) is 21.8. The lowest BCUT2D eigenvalue weighted by atomic mass is 9.99. The highest BCUT2D eigenvalue weighted by molar-refractivity contribution is 7.89. The van der Waals surface area contributed by atoms with Crippen molar-refractivity contribution in [1.82, 2.24) is 4.31 Å². The summed E-state index contributed by atoms with van der Waals surface area (Å²) in [6.45, 7) is 0.0551. The van der Waals surface area contributed by atoms with Crippen LogP contribution in [0.15, 0.2) is 46.4 Å². The van der Waals surface area contributed by atoms with E-state index in [2.05, 4.69) is 10.5 Å². The lowest BCUT2D eigenvalue weighted by Crippen LogP contribution is -2.40. The molecule has 1 heterocycles. The average molecular weight is 493 g/mol. The number of methoxy groups -OCH3 is 2. The van der Waals surface area contributed by atoms with Crippen molar-refractivity contribution in [3.63, 3.8) is 0 Å². The third-order valence-electron chi connectivity index (χ3n) is 5.43. The monoisotopic (exact) mass is 492 g/mol. The Morgan fingerprint density at radius 2 is 1.91 bits per heavy atom. The van der Waals surface area contributed by atoms with Gasteiger partial charge in [-0.15, -0.1) is 0 Å². The van der Waals surface area contributed by atoms with Crippen molar-refractivity contribution in [1.29, 1.82) is 0 Å². The van der Waals surface area contributed by atoms with E-state index in [1.165, 1.54) is 32.6 Å². The fraction of sp³-hybridized carbons (Fsp3) is 0.333. The first-order chi connectivity index (χ1) is 16.2. The number of nitro benzene ring substituents is 1. The van der Waals surface area contributed by atoms with Gasteiger partial charge in [0.15, 0.2) is 0 Å². The number of nitro groups is 1. The number of hydrogen-bond acceptors (Lipinski definition) is 9. The Labute approximate surface area is 196 Å². The molecule has 0 aromatic heterocycles. The maximum absolute atomic E-state index is 13.0. The fourth-order valence-corrected chi connectivity index (χ4v) is 5.01. The van der Waals surface area contributed by atoms with Crippen LogP contribution >= 0.6 is 0 Å². The number of carboxylic acids is 1. The number of carbonyl (C=O) groups is 1. The highest BCUT2D eigenvalue weighted by atomic mass is 32.2. The SMILES string of the molecule is COc1ccc(OC)c(C=NNc2ccc(S(=O)(=O)N3CCC(C(=O)O)CC3)cc2[N+](=O)[O-])c1. The van der Waals surface area contributed by atoms with Crippen molar-refractivity contribution in [3.8, 4) is 11.5 Å². The van der Waals surface area contributed by atoms with Gasteiger partial charge in [-0.05, 0) is 43.2 Å². The zero-order valence-corrected chi connectivity index (χ0v) is 19.3. The van der Waals surface area contributed by atoms with Crippen molar-refractivity contribution in [2.24, 2.45) is 11.0 Å². The van der Waals surface area contributed by atoms with Gasteiger partial charge in [0, 0.05) is 24.7 Å². The number of aliphatic carboxylic acids is 1. The highest BCUT2D eigenvalue weighted by Crippen LogP contribution is 2.31. The molecule has 2 N–H and O–H groups in total. The molecule has 0 aliphatic carbocycles. The quantitative estimate of drug-likeness (QED) is 0.304. The Morgan fingerprint density at radius 3 is 2.50 bits per heavy atom. The van der Waals surface area contributed by atoms with Crippen molar-refractivity contribution < 1.29 is 32.7 Å². The van der Waals surface area contributed by atoms with Crippen LogP contribution in [-0.4, -0.2) is 62.2 Å². The largest absolute Gasteiger partial charge is 0.497 e. The summed E-state index contributed by atoms with van der Waals surface area (Å²) in [6.07, 6.45) is 1.75. The number of nitrogens with one attached hydrogen (secondary N) is 1. The number of sulfonamides is 1. The minimum atomic E-state index is -4.02. The van der Waals surface area contributed by atoms with E-state index in [0.29, 0.717) is 17.1 Å². The topological polar surface area (TPSA) is 161 Å². The van der Waals surface area contributed by atoms with E-state index in [0.717, 1.165) is 10.4 Å². The third-order valence-corrected chi connectivity index (χ3v) is 7.33. The number of hydrogen-bond donors (Lipinski definition) is 2. The first-order valence-corrected chi connectivity index (χ1v) is 11.6. The van der Waals surface area contributed by atoms with Crippen LogP contribution in [0.1, 0.15) is 18.4 Å². The van der Waals surface area contributed by atoms with Gasteiger partial charge in [0.1, 0.15) is 17.2 Å². The minimum Gasteiger partial charge on any atom is -0.497 e. The van der Waals surface area contributed by atoms with Gasteiger partial charge in [-0.3, -0.25) is 20.3 Å². The number of nitrogens with zero attached hydrogens (tertiary/aromatic N) is 3. The van der Waals surface area contributed by atoms with Gasteiger partial charge in [0.05, 0.1) is 36.2 Å². The number of ether oxygens (including phenoxy) is 2. The fourth-order valence-electron chi connectivity index (χ4n) is 3.52. The van der Waals surface area contributed by atoms with Crippen LogP contribution < -0.4 is 14.9 Å².